The van der Waals surface area contributed by atoms with Crippen molar-refractivity contribution >= 4 is 31.6 Å². The quantitative estimate of drug-likeness (QED) is 0.736. The lowest BCUT2D eigenvalue weighted by Gasteiger charge is -2.20. The van der Waals surface area contributed by atoms with Crippen molar-refractivity contribution in [3.8, 4) is 5.75 Å². The van der Waals surface area contributed by atoms with Crippen LogP contribution in [0.1, 0.15) is 5.56 Å². The van der Waals surface area contributed by atoms with Crippen LogP contribution in [0.15, 0.2) is 51.8 Å². The first-order valence-electron chi connectivity index (χ1n) is 6.57. The molecule has 0 aliphatic rings. The molecule has 0 N–H and O–H groups in total. The van der Waals surface area contributed by atoms with Gasteiger partial charge in [-0.25, -0.2) is 8.42 Å². The summed E-state index contributed by atoms with van der Waals surface area (Å²) in [5, 5.41) is 0. The highest BCUT2D eigenvalue weighted by Gasteiger charge is 2.30. The molecule has 0 spiro atoms. The van der Waals surface area contributed by atoms with Gasteiger partial charge in [0.1, 0.15) is 5.75 Å². The van der Waals surface area contributed by atoms with E-state index in [1.165, 1.54) is 32.4 Å². The zero-order valence-corrected chi connectivity index (χ0v) is 15.0. The Morgan fingerprint density at radius 3 is 2.12 bits per heavy atom. The first kappa shape index (κ1) is 18.6. The molecular weight excluding hydrogens is 411 g/mol. The number of hydrogen-bond acceptors (Lipinski definition) is 3. The van der Waals surface area contributed by atoms with E-state index in [4.69, 9.17) is 4.74 Å². The van der Waals surface area contributed by atoms with Gasteiger partial charge in [-0.15, -0.1) is 0 Å². The maximum Gasteiger partial charge on any atom is 0.416 e. The smallest absolute Gasteiger partial charge is 0.416 e. The Morgan fingerprint density at radius 1 is 1.08 bits per heavy atom. The first-order chi connectivity index (χ1) is 11.1. The van der Waals surface area contributed by atoms with Crippen LogP contribution in [-0.4, -0.2) is 22.6 Å². The zero-order chi connectivity index (χ0) is 18.1. The zero-order valence-electron chi connectivity index (χ0n) is 12.6. The van der Waals surface area contributed by atoms with Crippen molar-refractivity contribution in [1.29, 1.82) is 0 Å². The standard InChI is InChI=1S/C15H13BrF3NO3S/c1-20(11-5-3-10(4-6-11)15(17,18)19)24(21,22)12-7-8-14(23-2)13(16)9-12/h3-9H,1-2H3. The molecule has 0 saturated heterocycles. The van der Waals surface area contributed by atoms with Crippen LogP contribution in [0.4, 0.5) is 18.9 Å². The van der Waals surface area contributed by atoms with Crippen molar-refractivity contribution in [3.05, 3.63) is 52.5 Å². The van der Waals surface area contributed by atoms with E-state index < -0.39 is 21.8 Å². The van der Waals surface area contributed by atoms with Crippen LogP contribution < -0.4 is 9.04 Å². The van der Waals surface area contributed by atoms with E-state index in [2.05, 4.69) is 15.9 Å². The predicted octanol–water partition coefficient (Wildman–Crippen LogP) is 4.30. The van der Waals surface area contributed by atoms with E-state index in [9.17, 15) is 21.6 Å². The largest absolute Gasteiger partial charge is 0.496 e. The minimum absolute atomic E-state index is 0.0161. The molecule has 0 aromatic heterocycles. The number of nitrogens with zero attached hydrogens (tertiary/aromatic N) is 1. The number of hydrogen-bond donors (Lipinski definition) is 0. The van der Waals surface area contributed by atoms with E-state index in [1.54, 1.807) is 0 Å². The molecule has 9 heteroatoms. The van der Waals surface area contributed by atoms with Gasteiger partial charge in [0.2, 0.25) is 0 Å². The maximum atomic E-state index is 12.6. The fourth-order valence-electron chi connectivity index (χ4n) is 1.96. The van der Waals surface area contributed by atoms with Crippen molar-refractivity contribution in [1.82, 2.24) is 0 Å². The summed E-state index contributed by atoms with van der Waals surface area (Å²) in [7, 11) is -1.20. The molecule has 0 bridgehead atoms. The minimum Gasteiger partial charge on any atom is -0.496 e. The monoisotopic (exact) mass is 423 g/mol. The van der Waals surface area contributed by atoms with Gasteiger partial charge in [0, 0.05) is 7.05 Å². The summed E-state index contributed by atoms with van der Waals surface area (Å²) in [6.07, 6.45) is -4.48. The van der Waals surface area contributed by atoms with Crippen LogP contribution >= 0.6 is 15.9 Å². The highest BCUT2D eigenvalue weighted by atomic mass is 79.9. The minimum atomic E-state index is -4.48. The van der Waals surface area contributed by atoms with Gasteiger partial charge in [0.05, 0.1) is 27.7 Å². The van der Waals surface area contributed by atoms with Gasteiger partial charge in [-0.2, -0.15) is 13.2 Å². The Labute approximate surface area is 146 Å². The molecular formula is C15H13BrF3NO3S. The number of ether oxygens (including phenoxy) is 1. The third-order valence-corrected chi connectivity index (χ3v) is 5.74. The van der Waals surface area contributed by atoms with Crippen molar-refractivity contribution < 1.29 is 26.3 Å². The molecule has 0 unspecified atom stereocenters. The van der Waals surface area contributed by atoms with Crippen molar-refractivity contribution in [2.75, 3.05) is 18.5 Å². The van der Waals surface area contributed by atoms with Crippen LogP contribution in [0, 0.1) is 0 Å². The molecule has 24 heavy (non-hydrogen) atoms. The highest BCUT2D eigenvalue weighted by molar-refractivity contribution is 9.10. The van der Waals surface area contributed by atoms with Crippen LogP contribution in [-0.2, 0) is 16.2 Å². The summed E-state index contributed by atoms with van der Waals surface area (Å²) in [4.78, 5) is -0.0161. The lowest BCUT2D eigenvalue weighted by atomic mass is 10.2. The number of halogens is 4. The normalized spacial score (nSPS) is 12.1. The van der Waals surface area contributed by atoms with E-state index in [1.807, 2.05) is 0 Å². The number of anilines is 1. The van der Waals surface area contributed by atoms with Crippen LogP contribution in [0.3, 0.4) is 0 Å². The van der Waals surface area contributed by atoms with Gasteiger partial charge >= 0.3 is 6.18 Å². The number of alkyl halides is 3. The fraction of sp³-hybridized carbons (Fsp3) is 0.200. The molecule has 0 heterocycles. The Balaban J connectivity index is 2.37. The van der Waals surface area contributed by atoms with Crippen molar-refractivity contribution in [2.24, 2.45) is 0 Å². The maximum absolute atomic E-state index is 12.6. The van der Waals surface area contributed by atoms with Gasteiger partial charge in [-0.05, 0) is 58.4 Å². The average molecular weight is 424 g/mol. The molecule has 0 amide bonds. The number of methoxy groups -OCH3 is 1. The van der Waals surface area contributed by atoms with Gasteiger partial charge in [-0.1, -0.05) is 0 Å². The van der Waals surface area contributed by atoms with Gasteiger partial charge in [-0.3, -0.25) is 4.31 Å². The third kappa shape index (κ3) is 3.67. The van der Waals surface area contributed by atoms with E-state index in [-0.39, 0.29) is 10.6 Å². The molecule has 0 fully saturated rings. The van der Waals surface area contributed by atoms with Gasteiger partial charge < -0.3 is 4.74 Å². The highest BCUT2D eigenvalue weighted by Crippen LogP contribution is 2.32. The van der Waals surface area contributed by atoms with Crippen LogP contribution in [0.5, 0.6) is 5.75 Å². The summed E-state index contributed by atoms with van der Waals surface area (Å²) < 4.78 is 69.4. The molecule has 0 atom stereocenters. The van der Waals surface area contributed by atoms with E-state index in [0.29, 0.717) is 10.2 Å². The summed E-state index contributed by atoms with van der Waals surface area (Å²) in [5.41, 5.74) is -0.723. The SMILES string of the molecule is COc1ccc(S(=O)(=O)N(C)c2ccc(C(F)(F)F)cc2)cc1Br. The average Bonchev–Trinajstić information content (AvgIpc) is 2.53. The third-order valence-electron chi connectivity index (χ3n) is 3.34. The van der Waals surface area contributed by atoms with Crippen molar-refractivity contribution in [3.63, 3.8) is 0 Å². The number of sulfonamides is 1. The summed E-state index contributed by atoms with van der Waals surface area (Å²) in [6.45, 7) is 0. The Kier molecular flexibility index (Phi) is 5.14. The molecule has 2 aromatic carbocycles. The Hall–Kier alpha value is -1.74. The molecule has 2 aromatic rings. The van der Waals surface area contributed by atoms with E-state index in [0.717, 1.165) is 28.6 Å². The second kappa shape index (κ2) is 6.64. The van der Waals surface area contributed by atoms with Gasteiger partial charge in [0.15, 0.2) is 0 Å². The molecule has 130 valence electrons. The number of rotatable bonds is 4. The Morgan fingerprint density at radius 2 is 1.67 bits per heavy atom. The van der Waals surface area contributed by atoms with Gasteiger partial charge in [0.25, 0.3) is 10.0 Å². The van der Waals surface area contributed by atoms with E-state index >= 15 is 0 Å². The van der Waals surface area contributed by atoms with Crippen molar-refractivity contribution in [2.45, 2.75) is 11.1 Å². The molecule has 4 nitrogen and oxygen atoms in total. The molecule has 2 rings (SSSR count). The summed E-state index contributed by atoms with van der Waals surface area (Å²) in [5.74, 6) is 0.464. The fourth-order valence-corrected chi connectivity index (χ4v) is 3.88. The van der Waals surface area contributed by atoms with Crippen LogP contribution in [0.2, 0.25) is 0 Å². The second-order valence-electron chi connectivity index (χ2n) is 4.81. The first-order valence-corrected chi connectivity index (χ1v) is 8.80. The molecule has 0 aliphatic carbocycles. The molecule has 0 radical (unpaired) electrons. The lowest BCUT2D eigenvalue weighted by Crippen LogP contribution is -2.26. The Bertz CT molecular complexity index is 836. The second-order valence-corrected chi connectivity index (χ2v) is 7.64. The lowest BCUT2D eigenvalue weighted by molar-refractivity contribution is -0.137. The molecule has 0 aliphatic heterocycles. The summed E-state index contributed by atoms with van der Waals surface area (Å²) >= 11 is 3.20. The predicted molar refractivity (Wildman–Crippen MR) is 87.7 cm³/mol. The summed E-state index contributed by atoms with van der Waals surface area (Å²) in [6, 6.07) is 8.11. The van der Waals surface area contributed by atoms with Crippen LogP contribution in [0.25, 0.3) is 0 Å². The topological polar surface area (TPSA) is 46.6 Å². The number of benzene rings is 2. The molecule has 0 saturated carbocycles.